The molecular weight excluding hydrogens is 214 g/mol. The second kappa shape index (κ2) is 4.49. The fourth-order valence-electron chi connectivity index (χ4n) is 2.28. The van der Waals surface area contributed by atoms with Gasteiger partial charge in [-0.3, -0.25) is 4.79 Å². The summed E-state index contributed by atoms with van der Waals surface area (Å²) in [6.07, 6.45) is 0.774. The zero-order chi connectivity index (χ0) is 12.6. The predicted molar refractivity (Wildman–Crippen MR) is 67.9 cm³/mol. The minimum atomic E-state index is -0.526. The van der Waals surface area contributed by atoms with E-state index in [0.717, 1.165) is 28.8 Å². The Morgan fingerprint density at radius 1 is 1.29 bits per heavy atom. The fraction of sp³-hybridized carbons (Fsp3) is 0.500. The molecule has 1 atom stereocenters. The highest BCUT2D eigenvalue weighted by molar-refractivity contribution is 5.95. The summed E-state index contributed by atoms with van der Waals surface area (Å²) in [5.41, 5.74) is 3.95. The number of fused-ring (bicyclic) bond motifs is 1. The van der Waals surface area contributed by atoms with Crippen LogP contribution in [0.3, 0.4) is 0 Å². The van der Waals surface area contributed by atoms with Gasteiger partial charge < -0.3 is 10.4 Å². The van der Waals surface area contributed by atoms with Crippen molar-refractivity contribution in [3.8, 4) is 0 Å². The minimum absolute atomic E-state index is 0.0403. The molecule has 0 bridgehead atoms. The zero-order valence-corrected chi connectivity index (χ0v) is 10.6. The first kappa shape index (κ1) is 12.1. The van der Waals surface area contributed by atoms with E-state index in [0.29, 0.717) is 6.42 Å². The van der Waals surface area contributed by atoms with Gasteiger partial charge in [0.1, 0.15) is 0 Å². The highest BCUT2D eigenvalue weighted by atomic mass is 16.3. The number of benzene rings is 1. The molecule has 0 saturated carbocycles. The summed E-state index contributed by atoms with van der Waals surface area (Å²) in [6, 6.07) is 4.06. The van der Waals surface area contributed by atoms with Crippen molar-refractivity contribution >= 4 is 11.6 Å². The molecule has 1 heterocycles. The van der Waals surface area contributed by atoms with Crippen molar-refractivity contribution in [1.29, 1.82) is 0 Å². The van der Waals surface area contributed by atoms with Crippen molar-refractivity contribution in [1.82, 2.24) is 0 Å². The van der Waals surface area contributed by atoms with Gasteiger partial charge in [0, 0.05) is 17.7 Å². The Kier molecular flexibility index (Phi) is 3.20. The first-order chi connectivity index (χ1) is 7.99. The monoisotopic (exact) mass is 233 g/mol. The first-order valence-electron chi connectivity index (χ1n) is 6.10. The SMILES string of the molecule is Cc1cc2c(c(C(O)C(C)C)c1)NC(=O)CC2. The lowest BCUT2D eigenvalue weighted by Gasteiger charge is -2.25. The van der Waals surface area contributed by atoms with Crippen molar-refractivity contribution in [2.45, 2.75) is 39.7 Å². The van der Waals surface area contributed by atoms with Crippen LogP contribution in [0.15, 0.2) is 12.1 Å². The number of amides is 1. The summed E-state index contributed by atoms with van der Waals surface area (Å²) < 4.78 is 0. The molecule has 1 aromatic carbocycles. The van der Waals surface area contributed by atoms with Crippen LogP contribution in [-0.2, 0) is 11.2 Å². The number of aliphatic hydroxyl groups excluding tert-OH is 1. The molecule has 0 aromatic heterocycles. The summed E-state index contributed by atoms with van der Waals surface area (Å²) in [6.45, 7) is 5.97. The topological polar surface area (TPSA) is 49.3 Å². The minimum Gasteiger partial charge on any atom is -0.388 e. The quantitative estimate of drug-likeness (QED) is 0.824. The molecule has 1 aliphatic heterocycles. The van der Waals surface area contributed by atoms with Gasteiger partial charge in [-0.15, -0.1) is 0 Å². The summed E-state index contributed by atoms with van der Waals surface area (Å²) in [5, 5.41) is 13.1. The maximum absolute atomic E-state index is 11.5. The second-order valence-corrected chi connectivity index (χ2v) is 5.13. The highest BCUT2D eigenvalue weighted by Gasteiger charge is 2.23. The Hall–Kier alpha value is -1.35. The van der Waals surface area contributed by atoms with Gasteiger partial charge in [0.2, 0.25) is 5.91 Å². The van der Waals surface area contributed by atoms with Gasteiger partial charge in [-0.2, -0.15) is 0 Å². The predicted octanol–water partition coefficient (Wildman–Crippen LogP) is 2.57. The molecule has 3 nitrogen and oxygen atoms in total. The van der Waals surface area contributed by atoms with Crippen LogP contribution < -0.4 is 5.32 Å². The number of anilines is 1. The number of aryl methyl sites for hydroxylation is 2. The number of nitrogens with one attached hydrogen (secondary N) is 1. The van der Waals surface area contributed by atoms with Crippen molar-refractivity contribution in [3.05, 3.63) is 28.8 Å². The smallest absolute Gasteiger partial charge is 0.224 e. The molecule has 0 fully saturated rings. The number of hydrogen-bond donors (Lipinski definition) is 2. The third kappa shape index (κ3) is 2.34. The lowest BCUT2D eigenvalue weighted by atomic mass is 9.90. The Balaban J connectivity index is 2.50. The lowest BCUT2D eigenvalue weighted by Crippen LogP contribution is -2.22. The number of hydrogen-bond acceptors (Lipinski definition) is 2. The van der Waals surface area contributed by atoms with Crippen LogP contribution in [0.4, 0.5) is 5.69 Å². The summed E-state index contributed by atoms with van der Waals surface area (Å²) in [5.74, 6) is 0.179. The molecule has 1 aliphatic rings. The van der Waals surface area contributed by atoms with Crippen LogP contribution in [0.2, 0.25) is 0 Å². The van der Waals surface area contributed by atoms with Gasteiger partial charge in [-0.1, -0.05) is 31.5 Å². The Labute approximate surface area is 102 Å². The molecule has 3 heteroatoms. The van der Waals surface area contributed by atoms with E-state index in [1.807, 2.05) is 26.8 Å². The van der Waals surface area contributed by atoms with E-state index in [9.17, 15) is 9.90 Å². The van der Waals surface area contributed by atoms with Crippen LogP contribution in [0.1, 0.15) is 43.1 Å². The van der Waals surface area contributed by atoms with Crippen LogP contribution in [0, 0.1) is 12.8 Å². The summed E-state index contributed by atoms with van der Waals surface area (Å²) in [4.78, 5) is 11.5. The Bertz CT molecular complexity index is 452. The van der Waals surface area contributed by atoms with Crippen molar-refractivity contribution < 1.29 is 9.90 Å². The maximum Gasteiger partial charge on any atom is 0.224 e. The average molecular weight is 233 g/mol. The second-order valence-electron chi connectivity index (χ2n) is 5.13. The van der Waals surface area contributed by atoms with Gasteiger partial charge in [0.05, 0.1) is 6.10 Å². The van der Waals surface area contributed by atoms with Crippen molar-refractivity contribution in [2.75, 3.05) is 5.32 Å². The van der Waals surface area contributed by atoms with Crippen LogP contribution in [0.5, 0.6) is 0 Å². The maximum atomic E-state index is 11.5. The van der Waals surface area contributed by atoms with Gasteiger partial charge in [0.15, 0.2) is 0 Å². The molecule has 1 unspecified atom stereocenters. The van der Waals surface area contributed by atoms with E-state index in [4.69, 9.17) is 0 Å². The van der Waals surface area contributed by atoms with Crippen LogP contribution >= 0.6 is 0 Å². The standard InChI is InChI=1S/C14H19NO2/c1-8(2)14(17)11-7-9(3)6-10-4-5-12(16)15-13(10)11/h6-8,14,17H,4-5H2,1-3H3,(H,15,16). The van der Waals surface area contributed by atoms with Gasteiger partial charge in [-0.05, 0) is 24.8 Å². The van der Waals surface area contributed by atoms with Crippen molar-refractivity contribution in [2.24, 2.45) is 5.92 Å². The largest absolute Gasteiger partial charge is 0.388 e. The summed E-state index contributed by atoms with van der Waals surface area (Å²) >= 11 is 0. The molecule has 2 N–H and O–H groups in total. The molecule has 1 aromatic rings. The average Bonchev–Trinajstić information content (AvgIpc) is 2.27. The number of carbonyl (C=O) groups is 1. The van der Waals surface area contributed by atoms with E-state index in [-0.39, 0.29) is 11.8 Å². The third-order valence-corrected chi connectivity index (χ3v) is 3.23. The zero-order valence-electron chi connectivity index (χ0n) is 10.6. The van der Waals surface area contributed by atoms with E-state index in [1.165, 1.54) is 0 Å². The van der Waals surface area contributed by atoms with Crippen molar-refractivity contribution in [3.63, 3.8) is 0 Å². The molecule has 0 radical (unpaired) electrons. The molecule has 2 rings (SSSR count). The molecule has 1 amide bonds. The molecule has 0 aliphatic carbocycles. The van der Waals surface area contributed by atoms with Gasteiger partial charge in [0.25, 0.3) is 0 Å². The Morgan fingerprint density at radius 3 is 2.65 bits per heavy atom. The summed E-state index contributed by atoms with van der Waals surface area (Å²) in [7, 11) is 0. The molecule has 0 saturated heterocycles. The highest BCUT2D eigenvalue weighted by Crippen LogP contribution is 2.34. The molecule has 92 valence electrons. The number of carbonyl (C=O) groups excluding carboxylic acids is 1. The number of aliphatic hydroxyl groups is 1. The van der Waals surface area contributed by atoms with Crippen LogP contribution in [-0.4, -0.2) is 11.0 Å². The van der Waals surface area contributed by atoms with Gasteiger partial charge in [-0.25, -0.2) is 0 Å². The first-order valence-corrected chi connectivity index (χ1v) is 6.10. The third-order valence-electron chi connectivity index (χ3n) is 3.23. The van der Waals surface area contributed by atoms with E-state index >= 15 is 0 Å². The normalized spacial score (nSPS) is 16.6. The number of rotatable bonds is 2. The molecular formula is C14H19NO2. The Morgan fingerprint density at radius 2 is 2.00 bits per heavy atom. The van der Waals surface area contributed by atoms with Crippen LogP contribution in [0.25, 0.3) is 0 Å². The van der Waals surface area contributed by atoms with E-state index < -0.39 is 6.10 Å². The molecule has 0 spiro atoms. The van der Waals surface area contributed by atoms with Gasteiger partial charge >= 0.3 is 0 Å². The molecule has 17 heavy (non-hydrogen) atoms. The lowest BCUT2D eigenvalue weighted by molar-refractivity contribution is -0.116. The van der Waals surface area contributed by atoms with E-state index in [2.05, 4.69) is 11.4 Å². The fourth-order valence-corrected chi connectivity index (χ4v) is 2.28. The van der Waals surface area contributed by atoms with E-state index in [1.54, 1.807) is 0 Å².